The fourth-order valence-corrected chi connectivity index (χ4v) is 1.34. The van der Waals surface area contributed by atoms with Gasteiger partial charge in [0.15, 0.2) is 0 Å². The second kappa shape index (κ2) is 10.6. The molecule has 0 spiro atoms. The van der Waals surface area contributed by atoms with Crippen LogP contribution in [0.2, 0.25) is 0 Å². The van der Waals surface area contributed by atoms with Crippen molar-refractivity contribution in [3.05, 3.63) is 0 Å². The summed E-state index contributed by atoms with van der Waals surface area (Å²) in [5, 5.41) is 0. The number of rotatable bonds is 9. The molecule has 0 aliphatic rings. The van der Waals surface area contributed by atoms with Crippen LogP contribution >= 0.6 is 0 Å². The molecule has 0 aliphatic carbocycles. The van der Waals surface area contributed by atoms with Crippen LogP contribution in [0.1, 0.15) is 65.2 Å². The standard InChI is InChI=1S/C12H24O2/c1-3-5-6-7-8-9-10-12(13)14-11-4-2/h3-11H2,1-2H3. The third-order valence-electron chi connectivity index (χ3n) is 2.20. The lowest BCUT2D eigenvalue weighted by molar-refractivity contribution is -0.143. The molecule has 0 radical (unpaired) electrons. The summed E-state index contributed by atoms with van der Waals surface area (Å²) < 4.78 is 4.98. The lowest BCUT2D eigenvalue weighted by Crippen LogP contribution is -2.04. The third-order valence-corrected chi connectivity index (χ3v) is 2.20. The van der Waals surface area contributed by atoms with Crippen molar-refractivity contribution in [1.82, 2.24) is 0 Å². The minimum Gasteiger partial charge on any atom is -0.466 e. The largest absolute Gasteiger partial charge is 0.466 e. The Morgan fingerprint density at radius 2 is 1.57 bits per heavy atom. The molecule has 0 atom stereocenters. The zero-order chi connectivity index (χ0) is 10.6. The Morgan fingerprint density at radius 1 is 0.929 bits per heavy atom. The van der Waals surface area contributed by atoms with E-state index in [2.05, 4.69) is 6.92 Å². The smallest absolute Gasteiger partial charge is 0.305 e. The van der Waals surface area contributed by atoms with Crippen molar-refractivity contribution in [1.29, 1.82) is 0 Å². The first-order valence-electron chi connectivity index (χ1n) is 5.96. The third kappa shape index (κ3) is 9.56. The van der Waals surface area contributed by atoms with Gasteiger partial charge in [-0.3, -0.25) is 4.79 Å². The minimum atomic E-state index is -0.0256. The molecule has 0 amide bonds. The van der Waals surface area contributed by atoms with Crippen LogP contribution < -0.4 is 0 Å². The summed E-state index contributed by atoms with van der Waals surface area (Å²) in [4.78, 5) is 11.1. The van der Waals surface area contributed by atoms with Gasteiger partial charge in [-0.1, -0.05) is 46.0 Å². The predicted molar refractivity (Wildman–Crippen MR) is 59.2 cm³/mol. The lowest BCUT2D eigenvalue weighted by Gasteiger charge is -2.02. The zero-order valence-electron chi connectivity index (χ0n) is 9.68. The van der Waals surface area contributed by atoms with Crippen LogP contribution in [-0.4, -0.2) is 12.6 Å². The maximum absolute atomic E-state index is 11.1. The average molecular weight is 200 g/mol. The Hall–Kier alpha value is -0.530. The summed E-state index contributed by atoms with van der Waals surface area (Å²) in [5.41, 5.74) is 0. The molecule has 14 heavy (non-hydrogen) atoms. The molecular weight excluding hydrogens is 176 g/mol. The molecule has 2 heteroatoms. The minimum absolute atomic E-state index is 0.0256. The van der Waals surface area contributed by atoms with Gasteiger partial charge in [-0.25, -0.2) is 0 Å². The first-order valence-corrected chi connectivity index (χ1v) is 5.96. The van der Waals surface area contributed by atoms with Crippen molar-refractivity contribution in [2.24, 2.45) is 0 Å². The van der Waals surface area contributed by atoms with Crippen LogP contribution in [0.5, 0.6) is 0 Å². The molecule has 0 aromatic rings. The molecule has 0 rings (SSSR count). The molecule has 0 saturated carbocycles. The molecule has 0 aromatic carbocycles. The highest BCUT2D eigenvalue weighted by molar-refractivity contribution is 5.69. The number of esters is 1. The van der Waals surface area contributed by atoms with Crippen molar-refractivity contribution in [2.75, 3.05) is 6.61 Å². The Bertz CT molecular complexity index is 132. The van der Waals surface area contributed by atoms with Crippen LogP contribution in [0.3, 0.4) is 0 Å². The molecule has 0 saturated heterocycles. The predicted octanol–water partition coefficient (Wildman–Crippen LogP) is 3.69. The van der Waals surface area contributed by atoms with Crippen LogP contribution in [0.15, 0.2) is 0 Å². The van der Waals surface area contributed by atoms with E-state index in [-0.39, 0.29) is 5.97 Å². The molecule has 0 fully saturated rings. The van der Waals surface area contributed by atoms with Gasteiger partial charge in [0.05, 0.1) is 6.61 Å². The van der Waals surface area contributed by atoms with Crippen LogP contribution in [0.4, 0.5) is 0 Å². The first-order chi connectivity index (χ1) is 6.81. The van der Waals surface area contributed by atoms with Gasteiger partial charge in [0.2, 0.25) is 0 Å². The molecule has 0 unspecified atom stereocenters. The Balaban J connectivity index is 3.07. The van der Waals surface area contributed by atoms with Crippen molar-refractivity contribution in [3.8, 4) is 0 Å². The molecule has 0 heterocycles. The molecule has 0 aromatic heterocycles. The van der Waals surface area contributed by atoms with Crippen molar-refractivity contribution in [3.63, 3.8) is 0 Å². The van der Waals surface area contributed by atoms with Crippen LogP contribution in [0.25, 0.3) is 0 Å². The molecular formula is C12H24O2. The normalized spacial score (nSPS) is 10.1. The van der Waals surface area contributed by atoms with Gasteiger partial charge in [0.25, 0.3) is 0 Å². The van der Waals surface area contributed by atoms with Crippen molar-refractivity contribution < 1.29 is 9.53 Å². The van der Waals surface area contributed by atoms with E-state index in [9.17, 15) is 4.79 Å². The van der Waals surface area contributed by atoms with Gasteiger partial charge in [-0.05, 0) is 12.8 Å². The molecule has 2 nitrogen and oxygen atoms in total. The maximum atomic E-state index is 11.1. The summed E-state index contributed by atoms with van der Waals surface area (Å²) in [7, 11) is 0. The fourth-order valence-electron chi connectivity index (χ4n) is 1.34. The van der Waals surface area contributed by atoms with E-state index in [4.69, 9.17) is 4.74 Å². The monoisotopic (exact) mass is 200 g/mol. The number of carbonyl (C=O) groups is 1. The average Bonchev–Trinajstić information content (AvgIpc) is 2.20. The van der Waals surface area contributed by atoms with Gasteiger partial charge < -0.3 is 4.74 Å². The Morgan fingerprint density at radius 3 is 2.21 bits per heavy atom. The van der Waals surface area contributed by atoms with Crippen molar-refractivity contribution in [2.45, 2.75) is 65.2 Å². The van der Waals surface area contributed by atoms with Crippen LogP contribution in [0, 0.1) is 0 Å². The topological polar surface area (TPSA) is 26.3 Å². The van der Waals surface area contributed by atoms with E-state index in [0.29, 0.717) is 13.0 Å². The number of ether oxygens (including phenoxy) is 1. The van der Waals surface area contributed by atoms with Gasteiger partial charge in [0.1, 0.15) is 0 Å². The summed E-state index contributed by atoms with van der Waals surface area (Å²) in [6.07, 6.45) is 8.84. The van der Waals surface area contributed by atoms with Gasteiger partial charge in [0, 0.05) is 6.42 Å². The van der Waals surface area contributed by atoms with E-state index in [1.165, 1.54) is 32.1 Å². The molecule has 84 valence electrons. The summed E-state index contributed by atoms with van der Waals surface area (Å²) in [6, 6.07) is 0. The second-order valence-electron chi connectivity index (χ2n) is 3.74. The lowest BCUT2D eigenvalue weighted by atomic mass is 10.1. The quantitative estimate of drug-likeness (QED) is 0.419. The van der Waals surface area contributed by atoms with E-state index in [1.807, 2.05) is 6.92 Å². The van der Waals surface area contributed by atoms with E-state index < -0.39 is 0 Å². The Kier molecular flexibility index (Phi) is 10.2. The van der Waals surface area contributed by atoms with E-state index >= 15 is 0 Å². The Labute approximate surface area is 88.0 Å². The number of carbonyl (C=O) groups excluding carboxylic acids is 1. The van der Waals surface area contributed by atoms with Gasteiger partial charge in [-0.2, -0.15) is 0 Å². The highest BCUT2D eigenvalue weighted by Gasteiger charge is 2.00. The highest BCUT2D eigenvalue weighted by atomic mass is 16.5. The fraction of sp³-hybridized carbons (Fsp3) is 0.917. The first kappa shape index (κ1) is 13.5. The maximum Gasteiger partial charge on any atom is 0.305 e. The number of hydrogen-bond donors (Lipinski definition) is 0. The summed E-state index contributed by atoms with van der Waals surface area (Å²) in [5.74, 6) is -0.0256. The summed E-state index contributed by atoms with van der Waals surface area (Å²) >= 11 is 0. The zero-order valence-corrected chi connectivity index (χ0v) is 9.68. The van der Waals surface area contributed by atoms with Crippen LogP contribution in [-0.2, 0) is 9.53 Å². The highest BCUT2D eigenvalue weighted by Crippen LogP contribution is 2.07. The summed E-state index contributed by atoms with van der Waals surface area (Å²) in [6.45, 7) is 4.80. The van der Waals surface area contributed by atoms with Gasteiger partial charge in [-0.15, -0.1) is 0 Å². The molecule has 0 aliphatic heterocycles. The second-order valence-corrected chi connectivity index (χ2v) is 3.74. The SMILES string of the molecule is CCCCCCCCC(=O)OCCC. The number of unbranched alkanes of at least 4 members (excludes halogenated alkanes) is 5. The van der Waals surface area contributed by atoms with Crippen molar-refractivity contribution >= 4 is 5.97 Å². The molecule has 0 N–H and O–H groups in total. The molecule has 0 bridgehead atoms. The van der Waals surface area contributed by atoms with E-state index in [0.717, 1.165) is 12.8 Å². The van der Waals surface area contributed by atoms with Gasteiger partial charge >= 0.3 is 5.97 Å². The van der Waals surface area contributed by atoms with E-state index in [1.54, 1.807) is 0 Å². The number of hydrogen-bond acceptors (Lipinski definition) is 2.